The summed E-state index contributed by atoms with van der Waals surface area (Å²) in [5.41, 5.74) is -8.90. The van der Waals surface area contributed by atoms with E-state index in [4.69, 9.17) is 23.7 Å². The highest BCUT2D eigenvalue weighted by Crippen LogP contribution is 2.64. The molecule has 2 aromatic rings. The quantitative estimate of drug-likeness (QED) is 0.171. The number of ketones is 2. The molecule has 15 nitrogen and oxygen atoms in total. The summed E-state index contributed by atoms with van der Waals surface area (Å²) in [5, 5.41) is 39.8. The zero-order valence-corrected chi connectivity index (χ0v) is 33.9. The van der Waals surface area contributed by atoms with Gasteiger partial charge in [-0.3, -0.25) is 14.4 Å². The summed E-state index contributed by atoms with van der Waals surface area (Å²) in [5.74, 6) is -8.67. The molecule has 4 aliphatic rings. The first-order chi connectivity index (χ1) is 27.0. The van der Waals surface area contributed by atoms with Gasteiger partial charge in [0, 0.05) is 24.7 Å². The molecule has 0 spiro atoms. The number of carbonyl (C=O) groups is 6. The Hall–Kier alpha value is -4.70. The van der Waals surface area contributed by atoms with Gasteiger partial charge < -0.3 is 44.3 Å². The predicted octanol–water partition coefficient (Wildman–Crippen LogP) is 3.40. The first-order valence-corrected chi connectivity index (χ1v) is 19.5. The molecule has 4 N–H and O–H groups in total. The molecule has 3 saturated carbocycles. The van der Waals surface area contributed by atoms with Gasteiger partial charge in [-0.15, -0.1) is 0 Å². The van der Waals surface area contributed by atoms with E-state index < -0.39 is 118 Å². The summed E-state index contributed by atoms with van der Waals surface area (Å²) in [6.45, 7) is 11.7. The van der Waals surface area contributed by atoms with Gasteiger partial charge in [0.1, 0.15) is 29.5 Å². The fourth-order valence-electron chi connectivity index (χ4n) is 10.0. The van der Waals surface area contributed by atoms with Crippen LogP contribution in [0.4, 0.5) is 4.79 Å². The van der Waals surface area contributed by atoms with Gasteiger partial charge in [-0.05, 0) is 57.7 Å². The third kappa shape index (κ3) is 6.99. The van der Waals surface area contributed by atoms with Crippen LogP contribution in [0.15, 0.2) is 60.7 Å². The lowest BCUT2D eigenvalue weighted by Gasteiger charge is -2.68. The molecule has 3 aliphatic carbocycles. The standard InChI is InChI=1S/C43H53NO14/c1-22-19-28(55-37(51)32(48)30(24-15-11-9-12-16-24)44-38(52)58-39(3,4)5)43(53)35(56-36(50)25-17-13-10-14-18-25)33-41(8,34(49)31(47)29(22)40(43,6)7)26(46)20-27-42(33,21-54-27)57-23(2)45/h9-18,22,26-30,32-33,35,46,48,53H,19-21H2,1-8H3,(H,44,52)/t22?,26-,27+,28+,29?,30-,32+,33-,35-,41+,42-,43+/m0/s1. The molecule has 314 valence electrons. The van der Waals surface area contributed by atoms with Crippen LogP contribution in [0.25, 0.3) is 0 Å². The van der Waals surface area contributed by atoms with Crippen LogP contribution < -0.4 is 5.32 Å². The maximum atomic E-state index is 14.8. The van der Waals surface area contributed by atoms with Crippen molar-refractivity contribution in [3.05, 3.63) is 71.8 Å². The monoisotopic (exact) mass is 807 g/mol. The lowest BCUT2D eigenvalue weighted by Crippen LogP contribution is -2.83. The average molecular weight is 808 g/mol. The minimum absolute atomic E-state index is 0.0398. The Bertz CT molecular complexity index is 1950. The van der Waals surface area contributed by atoms with E-state index in [0.29, 0.717) is 5.56 Å². The van der Waals surface area contributed by atoms with Crippen molar-refractivity contribution in [2.75, 3.05) is 6.61 Å². The van der Waals surface area contributed by atoms with E-state index in [1.54, 1.807) is 76.2 Å². The first-order valence-electron chi connectivity index (χ1n) is 19.5. The van der Waals surface area contributed by atoms with Gasteiger partial charge in [-0.25, -0.2) is 14.4 Å². The largest absolute Gasteiger partial charge is 0.457 e. The van der Waals surface area contributed by atoms with E-state index in [9.17, 15) is 44.1 Å². The Balaban J connectivity index is 1.52. The number of nitrogens with one attached hydrogen (secondary N) is 1. The highest BCUT2D eigenvalue weighted by Gasteiger charge is 2.80. The van der Waals surface area contributed by atoms with Gasteiger partial charge in [0.25, 0.3) is 0 Å². The van der Waals surface area contributed by atoms with E-state index in [1.165, 1.54) is 32.9 Å². The molecule has 15 heteroatoms. The van der Waals surface area contributed by atoms with Crippen LogP contribution in [-0.4, -0.2) is 105 Å². The number of Topliss-reactive ketones (excluding diaryl/α,β-unsaturated/α-hetero) is 2. The molecule has 0 aromatic heterocycles. The molecular weight excluding hydrogens is 754 g/mol. The number of hydrogen-bond acceptors (Lipinski definition) is 14. The van der Waals surface area contributed by atoms with Crippen LogP contribution in [0.3, 0.4) is 0 Å². The summed E-state index contributed by atoms with van der Waals surface area (Å²) in [4.78, 5) is 83.9. The van der Waals surface area contributed by atoms with Gasteiger partial charge in [0.15, 0.2) is 11.7 Å². The van der Waals surface area contributed by atoms with Gasteiger partial charge >= 0.3 is 24.0 Å². The number of aliphatic hydroxyl groups is 3. The average Bonchev–Trinajstić information content (AvgIpc) is 3.14. The highest BCUT2D eigenvalue weighted by molar-refractivity contribution is 6.40. The van der Waals surface area contributed by atoms with Crippen molar-refractivity contribution < 1.29 is 67.8 Å². The molecule has 2 bridgehead atoms. The lowest BCUT2D eigenvalue weighted by atomic mass is 9.42. The molecule has 0 radical (unpaired) electrons. The fourth-order valence-corrected chi connectivity index (χ4v) is 10.0. The summed E-state index contributed by atoms with van der Waals surface area (Å²) >= 11 is 0. The van der Waals surface area contributed by atoms with E-state index in [0.717, 1.165) is 6.92 Å². The number of carbonyl (C=O) groups excluding carboxylic acids is 6. The van der Waals surface area contributed by atoms with Gasteiger partial charge in [0.05, 0.1) is 35.6 Å². The molecule has 1 saturated heterocycles. The van der Waals surface area contributed by atoms with Gasteiger partial charge in [-0.2, -0.15) is 0 Å². The maximum absolute atomic E-state index is 14.8. The highest BCUT2D eigenvalue weighted by atomic mass is 16.6. The number of ether oxygens (including phenoxy) is 5. The normalized spacial score (nSPS) is 34.9. The first kappa shape index (κ1) is 42.9. The Labute approximate surface area is 336 Å². The lowest BCUT2D eigenvalue weighted by molar-refractivity contribution is -0.355. The summed E-state index contributed by atoms with van der Waals surface area (Å²) in [6, 6.07) is 14.4. The molecule has 1 amide bonds. The number of rotatable bonds is 8. The molecular formula is C43H53NO14. The number of hydrogen-bond donors (Lipinski definition) is 4. The zero-order valence-electron chi connectivity index (χ0n) is 33.9. The SMILES string of the molecule is CC(=O)O[C@@]12CO[C@@H]1C[C@H](O)[C@@]1(C)C(=O)C(=O)C3C(C)C[C@@H](OC(=O)[C@H](O)[C@@H](NC(=O)OC(C)(C)C)c4ccccc4)[C@@](O)([C@@H](OC(=O)c4ccccc4)[C@H]21)C3(C)C. The number of fused-ring (bicyclic) bond motifs is 5. The van der Waals surface area contributed by atoms with Crippen molar-refractivity contribution in [1.82, 2.24) is 5.32 Å². The number of amides is 1. The van der Waals surface area contributed by atoms with E-state index in [-0.39, 0.29) is 25.0 Å². The van der Waals surface area contributed by atoms with Crippen LogP contribution in [0.2, 0.25) is 0 Å². The van der Waals surface area contributed by atoms with E-state index >= 15 is 0 Å². The summed E-state index contributed by atoms with van der Waals surface area (Å²) in [6.07, 6.45) is -9.84. The minimum Gasteiger partial charge on any atom is -0.457 e. The molecule has 4 fully saturated rings. The second kappa shape index (κ2) is 15.2. The number of esters is 3. The van der Waals surface area contributed by atoms with Crippen molar-refractivity contribution >= 4 is 35.6 Å². The molecule has 2 unspecified atom stereocenters. The third-order valence-corrected chi connectivity index (χ3v) is 12.8. The van der Waals surface area contributed by atoms with Crippen molar-refractivity contribution in [3.8, 4) is 0 Å². The molecule has 2 aromatic carbocycles. The molecule has 12 atom stereocenters. The Morgan fingerprint density at radius 2 is 1.53 bits per heavy atom. The van der Waals surface area contributed by atoms with Crippen molar-refractivity contribution in [3.63, 3.8) is 0 Å². The maximum Gasteiger partial charge on any atom is 0.408 e. The van der Waals surface area contributed by atoms with Gasteiger partial charge in [-0.1, -0.05) is 69.3 Å². The second-order valence-corrected chi connectivity index (χ2v) is 17.9. The van der Waals surface area contributed by atoms with Crippen LogP contribution in [0.1, 0.15) is 90.2 Å². The van der Waals surface area contributed by atoms with Crippen LogP contribution >= 0.6 is 0 Å². The summed E-state index contributed by atoms with van der Waals surface area (Å²) in [7, 11) is 0. The smallest absolute Gasteiger partial charge is 0.408 e. The van der Waals surface area contributed by atoms with Crippen molar-refractivity contribution in [2.45, 2.75) is 122 Å². The Morgan fingerprint density at radius 3 is 2.09 bits per heavy atom. The van der Waals surface area contributed by atoms with Crippen molar-refractivity contribution in [1.29, 1.82) is 0 Å². The summed E-state index contributed by atoms with van der Waals surface area (Å²) < 4.78 is 29.7. The fraction of sp³-hybridized carbons (Fsp3) is 0.581. The number of benzene rings is 2. The molecule has 1 heterocycles. The topological polar surface area (TPSA) is 221 Å². The Morgan fingerprint density at radius 1 is 0.931 bits per heavy atom. The Kier molecular flexibility index (Phi) is 11.2. The van der Waals surface area contributed by atoms with Crippen LogP contribution in [-0.2, 0) is 42.9 Å². The predicted molar refractivity (Wildman–Crippen MR) is 203 cm³/mol. The number of aliphatic hydroxyl groups excluding tert-OH is 2. The third-order valence-electron chi connectivity index (χ3n) is 12.8. The van der Waals surface area contributed by atoms with Crippen LogP contribution in [0.5, 0.6) is 0 Å². The van der Waals surface area contributed by atoms with Gasteiger partial charge in [0.2, 0.25) is 11.6 Å². The minimum atomic E-state index is -2.60. The zero-order chi connectivity index (χ0) is 42.7. The van der Waals surface area contributed by atoms with Crippen molar-refractivity contribution in [2.24, 2.45) is 28.6 Å². The van der Waals surface area contributed by atoms with Crippen LogP contribution in [0, 0.1) is 28.6 Å². The van der Waals surface area contributed by atoms with E-state index in [2.05, 4.69) is 5.32 Å². The molecule has 58 heavy (non-hydrogen) atoms. The molecule has 6 rings (SSSR count). The molecule has 1 aliphatic heterocycles. The number of alkyl carbamates (subject to hydrolysis) is 1. The second-order valence-electron chi connectivity index (χ2n) is 17.9. The van der Waals surface area contributed by atoms with E-state index in [1.807, 2.05) is 0 Å².